The van der Waals surface area contributed by atoms with Crippen molar-refractivity contribution in [3.05, 3.63) is 0 Å². The quantitative estimate of drug-likeness (QED) is 0.258. The van der Waals surface area contributed by atoms with Crippen molar-refractivity contribution in [2.24, 2.45) is 0 Å². The molecule has 0 fully saturated rings. The second-order valence-electron chi connectivity index (χ2n) is 0.0816. The average Bonchev–Trinajstić information content (AvgIpc) is 0.918. The fourth-order valence-electron chi connectivity index (χ4n) is 0. The van der Waals surface area contributed by atoms with Crippen molar-refractivity contribution < 1.29 is 32.6 Å². The first kappa shape index (κ1) is 8.83. The summed E-state index contributed by atoms with van der Waals surface area (Å²) in [4.78, 5) is 0. The molecule has 0 aromatic rings. The van der Waals surface area contributed by atoms with Crippen LogP contribution in [0, 0.1) is 0 Å². The molecule has 0 amide bonds. The van der Waals surface area contributed by atoms with Crippen LogP contribution in [-0.2, 0) is 22.1 Å². The molecule has 0 rings (SSSR count). The van der Waals surface area contributed by atoms with Crippen LogP contribution < -0.4 is 0 Å². The summed E-state index contributed by atoms with van der Waals surface area (Å²) in [6, 6.07) is 0. The summed E-state index contributed by atoms with van der Waals surface area (Å²) in [6.07, 6.45) is 0. The Labute approximate surface area is 33.5 Å². The van der Waals surface area contributed by atoms with E-state index in [0.29, 0.717) is 0 Å². The zero-order chi connectivity index (χ0) is 2.71. The second kappa shape index (κ2) is 9.99. The predicted octanol–water partition coefficient (Wildman–Crippen LogP) is -0.0535. The van der Waals surface area contributed by atoms with E-state index in [1.807, 2.05) is 0 Å². The largest absolute Gasteiger partial charge is 3.00 e. The summed E-state index contributed by atoms with van der Waals surface area (Å²) in [6.45, 7) is 0. The fourth-order valence-corrected chi connectivity index (χ4v) is 0. The predicted molar refractivity (Wildman–Crippen MR) is 6.34 cm³/mol. The second-order valence-corrected chi connectivity index (χ2v) is 0.0816. The van der Waals surface area contributed by atoms with Crippen molar-refractivity contribution in [2.45, 2.75) is 0 Å². The Hall–Kier alpha value is 0.399. The zero-order valence-electron chi connectivity index (χ0n) is 1.68. The molecule has 0 aliphatic rings. The van der Waals surface area contributed by atoms with E-state index in [4.69, 9.17) is 10.5 Å². The van der Waals surface area contributed by atoms with Gasteiger partial charge in [0.1, 0.15) is 0 Å². The summed E-state index contributed by atoms with van der Waals surface area (Å²) >= 11 is 0. The van der Waals surface area contributed by atoms with Gasteiger partial charge in [-0.25, -0.2) is 10.5 Å². The summed E-state index contributed by atoms with van der Waals surface area (Å²) in [5, 5.41) is 15.5. The van der Waals surface area contributed by atoms with Gasteiger partial charge in [0.2, 0.25) is 0 Å². The molecule has 0 aliphatic carbocycles. The maximum absolute atomic E-state index is 6.62. The third-order valence-corrected chi connectivity index (χ3v) is 0. The first-order chi connectivity index (χ1) is 1.41. The monoisotopic (exact) mass is 105 g/mol. The van der Waals surface area contributed by atoms with Crippen LogP contribution in [0.5, 0.6) is 0 Å². The maximum Gasteiger partial charge on any atom is 3.00 e. The molecule has 4 heavy (non-hydrogen) atoms. The molecule has 2 N–H and O–H groups in total. The molecular formula is H2MnO3+3. The molecule has 0 spiro atoms. The summed E-state index contributed by atoms with van der Waals surface area (Å²) in [5.74, 6) is 0. The Bertz CT molecular complexity index is 3.25. The van der Waals surface area contributed by atoms with Gasteiger partial charge >= 0.3 is 17.1 Å². The molecule has 0 unspecified atom stereocenters. The van der Waals surface area contributed by atoms with Crippen LogP contribution in [0.1, 0.15) is 0 Å². The van der Waals surface area contributed by atoms with Crippen LogP contribution in [0.2, 0.25) is 0 Å². The van der Waals surface area contributed by atoms with Gasteiger partial charge in [-0.3, -0.25) is 0 Å². The number of rotatable bonds is 0. The molecule has 0 saturated heterocycles. The van der Waals surface area contributed by atoms with Crippen molar-refractivity contribution in [1.29, 1.82) is 0 Å². The van der Waals surface area contributed by atoms with Gasteiger partial charge in [-0.1, -0.05) is 5.04 Å². The molecule has 0 heterocycles. The van der Waals surface area contributed by atoms with Crippen molar-refractivity contribution >= 4 is 0 Å². The van der Waals surface area contributed by atoms with Gasteiger partial charge in [-0.2, -0.15) is 0 Å². The van der Waals surface area contributed by atoms with E-state index in [-0.39, 0.29) is 17.1 Å². The molecule has 0 aromatic heterocycles. The molecule has 0 atom stereocenters. The molecule has 4 heteroatoms. The standard InChI is InChI=1S/Mn.H2O3/c;1-3-2/h;1-2H/q+3;. The van der Waals surface area contributed by atoms with Crippen LogP contribution in [0.15, 0.2) is 0 Å². The molecule has 3 nitrogen and oxygen atoms in total. The first-order valence-electron chi connectivity index (χ1n) is 0.365. The minimum Gasteiger partial charge on any atom is -0.221 e. The van der Waals surface area contributed by atoms with Gasteiger partial charge in [-0.05, 0) is 0 Å². The fraction of sp³-hybridized carbons (Fsp3) is 0. The Morgan fingerprint density at radius 2 is 1.25 bits per heavy atom. The molecule has 0 bridgehead atoms. The minimum atomic E-state index is 0. The Balaban J connectivity index is 0. The Morgan fingerprint density at radius 3 is 1.25 bits per heavy atom. The van der Waals surface area contributed by atoms with Crippen LogP contribution in [0.3, 0.4) is 0 Å². The van der Waals surface area contributed by atoms with Crippen LogP contribution in [0.4, 0.5) is 0 Å². The maximum atomic E-state index is 6.62. The smallest absolute Gasteiger partial charge is 0.221 e. The van der Waals surface area contributed by atoms with Crippen LogP contribution in [0.25, 0.3) is 0 Å². The molecule has 0 aliphatic heterocycles. The minimum absolute atomic E-state index is 0. The number of hydrogen-bond acceptors (Lipinski definition) is 3. The Kier molecular flexibility index (Phi) is 22.1. The van der Waals surface area contributed by atoms with Gasteiger partial charge in [-0.15, -0.1) is 0 Å². The SMILES string of the molecule is OOO.[Mn+3]. The first-order valence-corrected chi connectivity index (χ1v) is 0.365. The summed E-state index contributed by atoms with van der Waals surface area (Å²) in [5.41, 5.74) is 0. The molecule has 24 valence electrons. The van der Waals surface area contributed by atoms with Crippen molar-refractivity contribution in [2.75, 3.05) is 0 Å². The summed E-state index contributed by atoms with van der Waals surface area (Å²) < 4.78 is 0. The van der Waals surface area contributed by atoms with Crippen LogP contribution in [-0.4, -0.2) is 10.5 Å². The topological polar surface area (TPSA) is 49.7 Å². The molecule has 0 saturated carbocycles. The number of hydrogen-bond donors (Lipinski definition) is 2. The van der Waals surface area contributed by atoms with E-state index in [0.717, 1.165) is 0 Å². The van der Waals surface area contributed by atoms with Gasteiger partial charge < -0.3 is 0 Å². The van der Waals surface area contributed by atoms with E-state index < -0.39 is 0 Å². The van der Waals surface area contributed by atoms with Gasteiger partial charge in [0.15, 0.2) is 0 Å². The van der Waals surface area contributed by atoms with E-state index in [2.05, 4.69) is 5.04 Å². The Morgan fingerprint density at radius 1 is 1.25 bits per heavy atom. The van der Waals surface area contributed by atoms with Gasteiger partial charge in [0, 0.05) is 0 Å². The normalized spacial score (nSPS) is 4.50. The van der Waals surface area contributed by atoms with Crippen LogP contribution >= 0.6 is 0 Å². The average molecular weight is 105 g/mol. The van der Waals surface area contributed by atoms with Gasteiger partial charge in [0.05, 0.1) is 0 Å². The van der Waals surface area contributed by atoms with Gasteiger partial charge in [0.25, 0.3) is 0 Å². The van der Waals surface area contributed by atoms with Crippen molar-refractivity contribution in [3.63, 3.8) is 0 Å². The third-order valence-electron chi connectivity index (χ3n) is 0. The van der Waals surface area contributed by atoms with E-state index in [9.17, 15) is 0 Å². The van der Waals surface area contributed by atoms with Crippen molar-refractivity contribution in [3.8, 4) is 0 Å². The summed E-state index contributed by atoms with van der Waals surface area (Å²) in [7, 11) is 0. The zero-order valence-corrected chi connectivity index (χ0v) is 2.86. The van der Waals surface area contributed by atoms with E-state index in [1.54, 1.807) is 0 Å². The molecule has 0 aromatic carbocycles. The van der Waals surface area contributed by atoms with E-state index in [1.165, 1.54) is 0 Å². The molecule has 0 radical (unpaired) electrons. The van der Waals surface area contributed by atoms with Crippen molar-refractivity contribution in [1.82, 2.24) is 0 Å². The third kappa shape index (κ3) is 29.4. The molecular weight excluding hydrogens is 103 g/mol. The van der Waals surface area contributed by atoms with E-state index >= 15 is 0 Å².